The zero-order valence-corrected chi connectivity index (χ0v) is 19.4. The van der Waals surface area contributed by atoms with Crippen molar-refractivity contribution in [3.05, 3.63) is 48.0 Å². The van der Waals surface area contributed by atoms with Crippen LogP contribution in [-0.2, 0) is 0 Å². The summed E-state index contributed by atoms with van der Waals surface area (Å²) in [6, 6.07) is 13.3. The summed E-state index contributed by atoms with van der Waals surface area (Å²) in [5.41, 5.74) is 3.07. The van der Waals surface area contributed by atoms with Gasteiger partial charge < -0.3 is 29.7 Å². The molecule has 1 amide bonds. The molecule has 0 saturated carbocycles. The lowest BCUT2D eigenvalue weighted by Crippen LogP contribution is -2.43. The number of ether oxygens (including phenoxy) is 3. The van der Waals surface area contributed by atoms with Crippen molar-refractivity contribution in [2.75, 3.05) is 45.8 Å². The molecular weight excluding hydrogens is 434 g/mol. The molecule has 1 aromatic heterocycles. The van der Waals surface area contributed by atoms with Gasteiger partial charge in [-0.15, -0.1) is 0 Å². The molecule has 0 aliphatic carbocycles. The Bertz CT molecular complexity index is 1170. The number of nitrogens with zero attached hydrogens (tertiary/aromatic N) is 2. The minimum Gasteiger partial charge on any atom is -0.495 e. The number of hydrogen-bond acceptors (Lipinski definition) is 7. The minimum absolute atomic E-state index is 0.0833. The number of likely N-dealkylation sites (tertiary alicyclic amines) is 1. The second-order valence-corrected chi connectivity index (χ2v) is 8.62. The van der Waals surface area contributed by atoms with Gasteiger partial charge in [-0.1, -0.05) is 0 Å². The van der Waals surface area contributed by atoms with Crippen molar-refractivity contribution in [2.45, 2.75) is 18.9 Å². The van der Waals surface area contributed by atoms with Crippen LogP contribution >= 0.6 is 0 Å². The van der Waals surface area contributed by atoms with E-state index in [1.807, 2.05) is 30.3 Å². The number of fused-ring (bicyclic) bond motifs is 1. The predicted molar refractivity (Wildman–Crippen MR) is 129 cm³/mol. The number of rotatable bonds is 6. The van der Waals surface area contributed by atoms with E-state index in [1.165, 1.54) is 0 Å². The summed E-state index contributed by atoms with van der Waals surface area (Å²) in [6.07, 6.45) is 1.92. The zero-order chi connectivity index (χ0) is 23.5. The fraction of sp³-hybridized carbons (Fsp3) is 0.360. The van der Waals surface area contributed by atoms with Crippen molar-refractivity contribution >= 4 is 17.4 Å². The predicted octanol–water partition coefficient (Wildman–Crippen LogP) is 3.42. The maximum absolute atomic E-state index is 12.8. The van der Waals surface area contributed by atoms with Crippen molar-refractivity contribution in [2.24, 2.45) is 0 Å². The first-order chi connectivity index (χ1) is 16.6. The monoisotopic (exact) mass is 463 g/mol. The van der Waals surface area contributed by atoms with Gasteiger partial charge in [0.05, 0.1) is 18.5 Å². The van der Waals surface area contributed by atoms with Gasteiger partial charge in [-0.05, 0) is 69.4 Å². The average Bonchev–Trinajstić information content (AvgIpc) is 3.34. The Kier molecular flexibility index (Phi) is 6.27. The Hall–Kier alpha value is -3.72. The summed E-state index contributed by atoms with van der Waals surface area (Å²) in [5, 5.41) is 13.8. The molecular formula is C25H29N5O4. The van der Waals surface area contributed by atoms with Crippen molar-refractivity contribution in [1.82, 2.24) is 20.4 Å². The molecule has 3 N–H and O–H groups in total. The van der Waals surface area contributed by atoms with Crippen LogP contribution in [0, 0.1) is 0 Å². The number of carbonyl (C=O) groups is 1. The van der Waals surface area contributed by atoms with Crippen molar-refractivity contribution in [1.29, 1.82) is 0 Å². The normalized spacial score (nSPS) is 16.2. The average molecular weight is 464 g/mol. The van der Waals surface area contributed by atoms with Crippen LogP contribution < -0.4 is 24.8 Å². The number of H-pyrrole nitrogens is 1. The number of aromatic amines is 1. The molecule has 9 nitrogen and oxygen atoms in total. The first kappa shape index (κ1) is 22.1. The van der Waals surface area contributed by atoms with Crippen LogP contribution in [-0.4, -0.2) is 67.5 Å². The summed E-state index contributed by atoms with van der Waals surface area (Å²) in [4.78, 5) is 15.0. The Morgan fingerprint density at radius 3 is 2.68 bits per heavy atom. The second-order valence-electron chi connectivity index (χ2n) is 8.62. The summed E-state index contributed by atoms with van der Waals surface area (Å²) in [6.45, 7) is 3.09. The van der Waals surface area contributed by atoms with Gasteiger partial charge in [0.2, 0.25) is 0 Å². The molecule has 0 bridgehead atoms. The first-order valence-electron chi connectivity index (χ1n) is 11.5. The number of aromatic nitrogens is 2. The van der Waals surface area contributed by atoms with Crippen LogP contribution in [0.3, 0.4) is 0 Å². The highest BCUT2D eigenvalue weighted by molar-refractivity contribution is 5.95. The Labute approximate surface area is 198 Å². The quantitative estimate of drug-likeness (QED) is 0.515. The molecule has 178 valence electrons. The van der Waals surface area contributed by atoms with E-state index >= 15 is 0 Å². The van der Waals surface area contributed by atoms with Crippen LogP contribution in [0.15, 0.2) is 42.5 Å². The molecule has 2 aromatic carbocycles. The van der Waals surface area contributed by atoms with Crippen LogP contribution in [0.5, 0.6) is 17.2 Å². The molecule has 1 saturated heterocycles. The third-order valence-electron chi connectivity index (χ3n) is 6.21. The molecule has 0 spiro atoms. The van der Waals surface area contributed by atoms with Crippen LogP contribution in [0.2, 0.25) is 0 Å². The SMILES string of the molecule is COc1cc(C(=O)NC2CCN(C)CC2)ccc1Nc1cc(-c2ccc3c(c2)OCCO3)[nH]n1. The van der Waals surface area contributed by atoms with Crippen molar-refractivity contribution in [3.8, 4) is 28.5 Å². The largest absolute Gasteiger partial charge is 0.495 e. The number of amides is 1. The van der Waals surface area contributed by atoms with Gasteiger partial charge in [0.15, 0.2) is 17.3 Å². The minimum atomic E-state index is -0.0833. The molecule has 5 rings (SSSR count). The van der Waals surface area contributed by atoms with E-state index in [0.717, 1.165) is 54.4 Å². The topological polar surface area (TPSA) is 101 Å². The smallest absolute Gasteiger partial charge is 0.251 e. The number of nitrogens with one attached hydrogen (secondary N) is 3. The van der Waals surface area contributed by atoms with Gasteiger partial charge in [-0.2, -0.15) is 5.10 Å². The van der Waals surface area contributed by atoms with Crippen LogP contribution in [0.4, 0.5) is 11.5 Å². The molecule has 3 aromatic rings. The summed E-state index contributed by atoms with van der Waals surface area (Å²) in [7, 11) is 3.69. The highest BCUT2D eigenvalue weighted by Gasteiger charge is 2.20. The molecule has 0 unspecified atom stereocenters. The molecule has 2 aliphatic heterocycles. The van der Waals surface area contributed by atoms with E-state index in [4.69, 9.17) is 14.2 Å². The van der Waals surface area contributed by atoms with Crippen molar-refractivity contribution < 1.29 is 19.0 Å². The number of anilines is 2. The van der Waals surface area contributed by atoms with Gasteiger partial charge in [-0.25, -0.2) is 0 Å². The number of hydrogen-bond donors (Lipinski definition) is 3. The Balaban J connectivity index is 1.27. The number of benzene rings is 2. The van der Waals surface area contributed by atoms with E-state index < -0.39 is 0 Å². The van der Waals surface area contributed by atoms with E-state index in [2.05, 4.69) is 32.8 Å². The van der Waals surface area contributed by atoms with Crippen LogP contribution in [0.1, 0.15) is 23.2 Å². The first-order valence-corrected chi connectivity index (χ1v) is 11.5. The lowest BCUT2D eigenvalue weighted by molar-refractivity contribution is 0.0916. The third-order valence-corrected chi connectivity index (χ3v) is 6.21. The van der Waals surface area contributed by atoms with Gasteiger partial charge >= 0.3 is 0 Å². The zero-order valence-electron chi connectivity index (χ0n) is 19.4. The Morgan fingerprint density at radius 2 is 1.88 bits per heavy atom. The summed E-state index contributed by atoms with van der Waals surface area (Å²) >= 11 is 0. The fourth-order valence-corrected chi connectivity index (χ4v) is 4.24. The van der Waals surface area contributed by atoms with E-state index in [1.54, 1.807) is 19.2 Å². The lowest BCUT2D eigenvalue weighted by Gasteiger charge is -2.29. The molecule has 2 aliphatic rings. The lowest BCUT2D eigenvalue weighted by atomic mass is 10.0. The summed E-state index contributed by atoms with van der Waals surface area (Å²) in [5.74, 6) is 2.59. The van der Waals surface area contributed by atoms with Gasteiger partial charge in [0, 0.05) is 23.2 Å². The van der Waals surface area contributed by atoms with Gasteiger partial charge in [0.25, 0.3) is 5.91 Å². The maximum Gasteiger partial charge on any atom is 0.251 e. The molecule has 0 radical (unpaired) electrons. The molecule has 9 heteroatoms. The Morgan fingerprint density at radius 1 is 1.09 bits per heavy atom. The van der Waals surface area contributed by atoms with E-state index in [0.29, 0.717) is 30.3 Å². The summed E-state index contributed by atoms with van der Waals surface area (Å²) < 4.78 is 16.8. The molecule has 34 heavy (non-hydrogen) atoms. The van der Waals surface area contributed by atoms with Gasteiger partial charge in [-0.3, -0.25) is 9.89 Å². The highest BCUT2D eigenvalue weighted by Crippen LogP contribution is 2.35. The molecule has 1 fully saturated rings. The van der Waals surface area contributed by atoms with E-state index in [-0.39, 0.29) is 11.9 Å². The van der Waals surface area contributed by atoms with Gasteiger partial charge in [0.1, 0.15) is 19.0 Å². The van der Waals surface area contributed by atoms with E-state index in [9.17, 15) is 4.79 Å². The number of carbonyl (C=O) groups excluding carboxylic acids is 1. The maximum atomic E-state index is 12.8. The van der Waals surface area contributed by atoms with Crippen molar-refractivity contribution in [3.63, 3.8) is 0 Å². The highest BCUT2D eigenvalue weighted by atomic mass is 16.6. The standard InChI is InChI=1S/C25H29N5O4/c1-30-9-7-18(8-10-30)26-25(31)17-3-5-19(22(14-17)32-2)27-24-15-20(28-29-24)16-4-6-21-23(13-16)34-12-11-33-21/h3-6,13-15,18H,7-12H2,1-2H3,(H,26,31)(H2,27,28,29). The molecule has 3 heterocycles. The second kappa shape index (κ2) is 9.64. The number of methoxy groups -OCH3 is 1. The fourth-order valence-electron chi connectivity index (χ4n) is 4.24. The number of piperidine rings is 1. The molecule has 0 atom stereocenters. The third kappa shape index (κ3) is 4.79. The van der Waals surface area contributed by atoms with Crippen LogP contribution in [0.25, 0.3) is 11.3 Å².